The first kappa shape index (κ1) is 4.56. The first-order valence-corrected chi connectivity index (χ1v) is 2.71. The van der Waals surface area contributed by atoms with E-state index in [-0.39, 0.29) is 0 Å². The molecule has 42 valence electrons. The lowest BCUT2D eigenvalue weighted by Gasteiger charge is -1.89. The maximum Gasteiger partial charge on any atom is 0.0945 e. The third-order valence-electron chi connectivity index (χ3n) is 1.23. The van der Waals surface area contributed by atoms with Crippen LogP contribution in [-0.2, 0) is 0 Å². The van der Waals surface area contributed by atoms with Gasteiger partial charge in [0.1, 0.15) is 0 Å². The van der Waals surface area contributed by atoms with Gasteiger partial charge in [-0.3, -0.25) is 0 Å². The fourth-order valence-corrected chi connectivity index (χ4v) is 0.783. The molecule has 0 spiro atoms. The van der Waals surface area contributed by atoms with Crippen LogP contribution in [0.2, 0.25) is 0 Å². The summed E-state index contributed by atoms with van der Waals surface area (Å²) in [6, 6.07) is 8.53. The maximum atomic E-state index is 3.85. The Morgan fingerprint density at radius 3 is 3.33 bits per heavy atom. The molecule has 0 amide bonds. The molecule has 0 aliphatic carbocycles. The number of hydrogen-bond acceptors (Lipinski definition) is 1. The largest absolute Gasteiger partial charge is 0.158 e. The predicted molar refractivity (Wildman–Crippen MR) is 34.7 cm³/mol. The van der Waals surface area contributed by atoms with Crippen LogP contribution in [0.25, 0.3) is 0 Å². The van der Waals surface area contributed by atoms with Crippen molar-refractivity contribution in [3.63, 3.8) is 0 Å². The molecule has 2 nitrogen and oxygen atoms in total. The van der Waals surface area contributed by atoms with Crippen molar-refractivity contribution in [2.24, 2.45) is 5.10 Å². The molecule has 0 fully saturated rings. The van der Waals surface area contributed by atoms with Crippen LogP contribution < -0.4 is 5.43 Å². The van der Waals surface area contributed by atoms with Crippen molar-refractivity contribution < 1.29 is 0 Å². The van der Waals surface area contributed by atoms with Crippen LogP contribution in [-0.4, -0.2) is 6.21 Å². The predicted octanol–water partition coefficient (Wildman–Crippen LogP) is 1.07. The summed E-state index contributed by atoms with van der Waals surface area (Å²) in [5, 5.41) is 3.73. The summed E-state index contributed by atoms with van der Waals surface area (Å²) in [5.41, 5.74) is 5.84. The van der Waals surface area contributed by atoms with E-state index in [1.54, 1.807) is 6.21 Å². The summed E-state index contributed by atoms with van der Waals surface area (Å²) in [4.78, 5) is 0. The molecule has 0 atom stereocenters. The Morgan fingerprint density at radius 1 is 1.44 bits per heavy atom. The minimum absolute atomic E-state index is 0.939. The number of fused-ring (bicyclic) bond motifs is 1. The topological polar surface area (TPSA) is 26.5 Å². The van der Waals surface area contributed by atoms with Crippen LogP contribution >= 0.6 is 0 Å². The Balaban J connectivity index is 2.63. The third kappa shape index (κ3) is 0.598. The van der Waals surface area contributed by atoms with Crippen molar-refractivity contribution >= 4 is 11.9 Å². The van der Waals surface area contributed by atoms with Gasteiger partial charge in [-0.1, -0.05) is 6.07 Å². The van der Waals surface area contributed by atoms with Gasteiger partial charge in [0.05, 0.1) is 11.9 Å². The quantitative estimate of drug-likeness (QED) is 0.484. The van der Waals surface area contributed by atoms with Gasteiger partial charge < -0.3 is 0 Å². The fraction of sp³-hybridized carbons (Fsp3) is 0. The van der Waals surface area contributed by atoms with Gasteiger partial charge in [-0.25, -0.2) is 0 Å². The zero-order chi connectivity index (χ0) is 6.10. The third-order valence-corrected chi connectivity index (χ3v) is 1.23. The molecular weight excluding hydrogens is 112 g/mol. The van der Waals surface area contributed by atoms with Gasteiger partial charge in [0.15, 0.2) is 0 Å². The summed E-state index contributed by atoms with van der Waals surface area (Å²) in [7, 11) is 0. The number of hydrogen-bond donors (Lipinski definition) is 0. The zero-order valence-corrected chi connectivity index (χ0v) is 4.70. The van der Waals surface area contributed by atoms with Gasteiger partial charge in [0.2, 0.25) is 0 Å². The van der Waals surface area contributed by atoms with Gasteiger partial charge in [-0.15, -0.1) is 0 Å². The first-order valence-electron chi connectivity index (χ1n) is 2.71. The van der Waals surface area contributed by atoms with Crippen LogP contribution in [0.15, 0.2) is 23.3 Å². The van der Waals surface area contributed by atoms with E-state index in [2.05, 4.69) is 16.6 Å². The highest BCUT2D eigenvalue weighted by Crippen LogP contribution is 2.16. The summed E-state index contributed by atoms with van der Waals surface area (Å²) in [6.07, 6.45) is 1.73. The minimum atomic E-state index is 0.939. The molecule has 0 N–H and O–H groups in total. The van der Waals surface area contributed by atoms with E-state index in [1.165, 1.54) is 0 Å². The second-order valence-corrected chi connectivity index (χ2v) is 1.83. The van der Waals surface area contributed by atoms with Crippen molar-refractivity contribution in [1.82, 2.24) is 5.43 Å². The molecule has 0 bridgehead atoms. The zero-order valence-electron chi connectivity index (χ0n) is 4.70. The Kier molecular flexibility index (Phi) is 0.803. The molecule has 0 unspecified atom stereocenters. The molecule has 0 saturated heterocycles. The second-order valence-electron chi connectivity index (χ2n) is 1.83. The maximum absolute atomic E-state index is 3.85. The highest BCUT2D eigenvalue weighted by Gasteiger charge is 2.03. The van der Waals surface area contributed by atoms with Gasteiger partial charge in [-0.05, 0) is 18.2 Å². The van der Waals surface area contributed by atoms with Gasteiger partial charge >= 0.3 is 0 Å². The Morgan fingerprint density at radius 2 is 2.44 bits per heavy atom. The number of nitrogens with zero attached hydrogens (tertiary/aromatic N) is 2. The van der Waals surface area contributed by atoms with E-state index in [0.29, 0.717) is 0 Å². The first-order chi connectivity index (χ1) is 4.47. The second kappa shape index (κ2) is 1.58. The van der Waals surface area contributed by atoms with Crippen molar-refractivity contribution in [2.45, 2.75) is 0 Å². The average Bonchev–Trinajstić information content (AvgIpc) is 2.33. The molecule has 1 aliphatic rings. The number of benzene rings is 1. The molecule has 9 heavy (non-hydrogen) atoms. The fourth-order valence-electron chi connectivity index (χ4n) is 0.783. The SMILES string of the molecule is [c]1ccc2c(c1)C=N[N]2. The average molecular weight is 116 g/mol. The highest BCUT2D eigenvalue weighted by atomic mass is 15.3. The van der Waals surface area contributed by atoms with E-state index in [4.69, 9.17) is 0 Å². The van der Waals surface area contributed by atoms with Crippen molar-refractivity contribution in [2.75, 3.05) is 0 Å². The van der Waals surface area contributed by atoms with Crippen molar-refractivity contribution in [3.8, 4) is 0 Å². The monoisotopic (exact) mass is 116 g/mol. The van der Waals surface area contributed by atoms with Crippen LogP contribution in [0, 0.1) is 6.07 Å². The lowest BCUT2D eigenvalue weighted by atomic mass is 10.2. The van der Waals surface area contributed by atoms with E-state index < -0.39 is 0 Å². The van der Waals surface area contributed by atoms with E-state index in [9.17, 15) is 0 Å². The smallest absolute Gasteiger partial charge is 0.0945 e. The van der Waals surface area contributed by atoms with Crippen LogP contribution in [0.1, 0.15) is 5.56 Å². The molecule has 1 aromatic carbocycles. The lowest BCUT2D eigenvalue weighted by Crippen LogP contribution is -1.79. The summed E-state index contributed by atoms with van der Waals surface area (Å²) >= 11 is 0. The van der Waals surface area contributed by atoms with E-state index in [0.717, 1.165) is 11.3 Å². The molecule has 1 aromatic rings. The summed E-state index contributed by atoms with van der Waals surface area (Å²) in [5.74, 6) is 0. The molecule has 0 aromatic heterocycles. The summed E-state index contributed by atoms with van der Waals surface area (Å²) < 4.78 is 0. The lowest BCUT2D eigenvalue weighted by molar-refractivity contribution is 0.991. The van der Waals surface area contributed by atoms with Crippen LogP contribution in [0.4, 0.5) is 5.69 Å². The molecule has 2 heteroatoms. The van der Waals surface area contributed by atoms with E-state index >= 15 is 0 Å². The normalized spacial score (nSPS) is 12.9. The Hall–Kier alpha value is -1.31. The number of rotatable bonds is 0. The van der Waals surface area contributed by atoms with Gasteiger partial charge in [-0.2, -0.15) is 10.5 Å². The molecule has 2 radical (unpaired) electrons. The van der Waals surface area contributed by atoms with E-state index in [1.807, 2.05) is 18.2 Å². The Labute approximate surface area is 53.2 Å². The molecule has 1 aliphatic heterocycles. The molecule has 2 rings (SSSR count). The van der Waals surface area contributed by atoms with Crippen molar-refractivity contribution in [1.29, 1.82) is 0 Å². The Bertz CT molecular complexity index is 253. The van der Waals surface area contributed by atoms with Gasteiger partial charge in [0, 0.05) is 5.56 Å². The van der Waals surface area contributed by atoms with Crippen molar-refractivity contribution in [3.05, 3.63) is 29.8 Å². The molecule has 1 heterocycles. The van der Waals surface area contributed by atoms with Crippen LogP contribution in [0.5, 0.6) is 0 Å². The summed E-state index contributed by atoms with van der Waals surface area (Å²) in [6.45, 7) is 0. The highest BCUT2D eigenvalue weighted by molar-refractivity contribution is 5.88. The standard InChI is InChI=1S/C7H4N2/c1-2-4-7-6(3-1)5-8-9-7/h2-5H. The molecule has 0 saturated carbocycles. The van der Waals surface area contributed by atoms with Crippen LogP contribution in [0.3, 0.4) is 0 Å². The molecular formula is C7H4N2. The van der Waals surface area contributed by atoms with Gasteiger partial charge in [0.25, 0.3) is 0 Å². The minimum Gasteiger partial charge on any atom is -0.158 e.